The number of alkyl halides is 1. The smallest absolute Gasteiger partial charge is 0.0223 e. The largest absolute Gasteiger partial charge is 0.127 e. The van der Waals surface area contributed by atoms with E-state index in [0.717, 1.165) is 18.7 Å². The second-order valence-corrected chi connectivity index (χ2v) is 2.12. The van der Waals surface area contributed by atoms with E-state index in [1.54, 1.807) is 0 Å². The van der Waals surface area contributed by atoms with Crippen molar-refractivity contribution in [3.63, 3.8) is 0 Å². The number of allylic oxidation sites excluding steroid dienone is 1. The Hall–Kier alpha value is 0.0300. The molecule has 0 aliphatic heterocycles. The van der Waals surface area contributed by atoms with Crippen LogP contribution in [0.5, 0.6) is 0 Å². The summed E-state index contributed by atoms with van der Waals surface area (Å²) < 4.78 is 0. The second kappa shape index (κ2) is 15.7. The maximum absolute atomic E-state index is 5.30. The van der Waals surface area contributed by atoms with Gasteiger partial charge in [-0.1, -0.05) is 26.3 Å². The van der Waals surface area contributed by atoms with E-state index < -0.39 is 0 Å². The first kappa shape index (κ1) is 11.8. The molecule has 0 heterocycles. The van der Waals surface area contributed by atoms with Crippen LogP contribution in [0, 0.1) is 0 Å². The molecule has 0 fully saturated rings. The standard InChI is InChI=1S/C4H9Cl.C4H8/c1-2-3-4-5;1-3-4-2/h2-4H2,1H3;3H,1,4H2,2H3. The monoisotopic (exact) mass is 148 g/mol. The van der Waals surface area contributed by atoms with E-state index in [-0.39, 0.29) is 0 Å². The number of halogens is 1. The van der Waals surface area contributed by atoms with E-state index >= 15 is 0 Å². The van der Waals surface area contributed by atoms with Crippen LogP contribution in [0.3, 0.4) is 0 Å². The molecule has 0 nitrogen and oxygen atoms in total. The zero-order chi connectivity index (χ0) is 7.54. The van der Waals surface area contributed by atoms with Crippen LogP contribution in [-0.4, -0.2) is 5.88 Å². The molecule has 0 amide bonds. The number of unbranched alkanes of at least 4 members (excludes halogenated alkanes) is 1. The number of hydrogen-bond donors (Lipinski definition) is 0. The van der Waals surface area contributed by atoms with Gasteiger partial charge in [-0.2, -0.15) is 0 Å². The van der Waals surface area contributed by atoms with Crippen LogP contribution >= 0.6 is 11.6 Å². The van der Waals surface area contributed by atoms with Gasteiger partial charge in [0.15, 0.2) is 0 Å². The molecule has 0 aromatic carbocycles. The molecule has 56 valence electrons. The summed E-state index contributed by atoms with van der Waals surface area (Å²) in [4.78, 5) is 0. The van der Waals surface area contributed by atoms with Crippen LogP contribution in [0.4, 0.5) is 0 Å². The molecule has 0 aromatic rings. The Bertz CT molecular complexity index is 39.8. The Labute approximate surface area is 63.9 Å². The first-order valence-electron chi connectivity index (χ1n) is 3.50. The lowest BCUT2D eigenvalue weighted by Crippen LogP contribution is -1.65. The third-order valence-electron chi connectivity index (χ3n) is 0.776. The molecule has 0 atom stereocenters. The van der Waals surface area contributed by atoms with Crippen LogP contribution in [-0.2, 0) is 0 Å². The van der Waals surface area contributed by atoms with E-state index in [9.17, 15) is 0 Å². The van der Waals surface area contributed by atoms with Crippen LogP contribution in [0.25, 0.3) is 0 Å². The number of rotatable bonds is 3. The van der Waals surface area contributed by atoms with Gasteiger partial charge in [-0.15, -0.1) is 18.2 Å². The SMILES string of the molecule is C=CCC.CCCCCl. The van der Waals surface area contributed by atoms with Crippen molar-refractivity contribution in [2.75, 3.05) is 5.88 Å². The molecule has 0 N–H and O–H groups in total. The Morgan fingerprint density at radius 3 is 1.89 bits per heavy atom. The summed E-state index contributed by atoms with van der Waals surface area (Å²) >= 11 is 5.30. The topological polar surface area (TPSA) is 0 Å². The lowest BCUT2D eigenvalue weighted by molar-refractivity contribution is 0.892. The average molecular weight is 149 g/mol. The fourth-order valence-corrected chi connectivity index (χ4v) is 0.401. The van der Waals surface area contributed by atoms with Gasteiger partial charge in [0.25, 0.3) is 0 Å². The summed E-state index contributed by atoms with van der Waals surface area (Å²) in [6, 6.07) is 0. The van der Waals surface area contributed by atoms with Crippen molar-refractivity contribution in [2.24, 2.45) is 0 Å². The molecule has 0 aliphatic carbocycles. The van der Waals surface area contributed by atoms with Gasteiger partial charge in [0.05, 0.1) is 0 Å². The Morgan fingerprint density at radius 1 is 1.44 bits per heavy atom. The summed E-state index contributed by atoms with van der Waals surface area (Å²) in [6.07, 6.45) is 5.32. The molecule has 0 aliphatic rings. The summed E-state index contributed by atoms with van der Waals surface area (Å²) in [5.74, 6) is 0.816. The van der Waals surface area contributed by atoms with Gasteiger partial charge >= 0.3 is 0 Å². The second-order valence-electron chi connectivity index (χ2n) is 1.74. The molecule has 0 unspecified atom stereocenters. The van der Waals surface area contributed by atoms with Gasteiger partial charge in [-0.25, -0.2) is 0 Å². The fraction of sp³-hybridized carbons (Fsp3) is 0.750. The summed E-state index contributed by atoms with van der Waals surface area (Å²) in [5.41, 5.74) is 0. The van der Waals surface area contributed by atoms with Crippen molar-refractivity contribution >= 4 is 11.6 Å². The van der Waals surface area contributed by atoms with E-state index in [1.807, 2.05) is 6.08 Å². The molecule has 0 bridgehead atoms. The molecule has 9 heavy (non-hydrogen) atoms. The molecule has 0 spiro atoms. The molecule has 1 heteroatoms. The van der Waals surface area contributed by atoms with E-state index in [4.69, 9.17) is 11.6 Å². The number of hydrogen-bond acceptors (Lipinski definition) is 0. The summed E-state index contributed by atoms with van der Waals surface area (Å²) in [5, 5.41) is 0. The predicted octanol–water partition coefficient (Wildman–Crippen LogP) is 3.61. The Kier molecular flexibility index (Phi) is 20.5. The quantitative estimate of drug-likeness (QED) is 0.424. The fourth-order valence-electron chi connectivity index (χ4n) is 0.134. The van der Waals surface area contributed by atoms with Crippen molar-refractivity contribution in [3.05, 3.63) is 12.7 Å². The van der Waals surface area contributed by atoms with Crippen LogP contribution < -0.4 is 0 Å². The highest BCUT2D eigenvalue weighted by atomic mass is 35.5. The molecule has 0 saturated heterocycles. The van der Waals surface area contributed by atoms with E-state index in [1.165, 1.54) is 6.42 Å². The van der Waals surface area contributed by atoms with Crippen molar-refractivity contribution in [3.8, 4) is 0 Å². The van der Waals surface area contributed by atoms with Gasteiger partial charge in [0.2, 0.25) is 0 Å². The maximum atomic E-state index is 5.30. The summed E-state index contributed by atoms with van der Waals surface area (Å²) in [7, 11) is 0. The van der Waals surface area contributed by atoms with Crippen LogP contribution in [0.15, 0.2) is 12.7 Å². The minimum atomic E-state index is 0.816. The normalized spacial score (nSPS) is 7.44. The van der Waals surface area contributed by atoms with E-state index in [2.05, 4.69) is 20.4 Å². The van der Waals surface area contributed by atoms with Crippen molar-refractivity contribution in [1.82, 2.24) is 0 Å². The molecule has 0 rings (SSSR count). The average Bonchev–Trinajstić information content (AvgIpc) is 1.91. The lowest BCUT2D eigenvalue weighted by atomic mass is 10.4. The molecule has 0 saturated carbocycles. The summed E-state index contributed by atoms with van der Waals surface area (Å²) in [6.45, 7) is 7.67. The Balaban J connectivity index is 0. The minimum Gasteiger partial charge on any atom is -0.127 e. The van der Waals surface area contributed by atoms with Gasteiger partial charge in [-0.05, 0) is 12.8 Å². The molecule has 0 aromatic heterocycles. The highest BCUT2D eigenvalue weighted by Crippen LogP contribution is 1.86. The van der Waals surface area contributed by atoms with Gasteiger partial charge in [0.1, 0.15) is 0 Å². The van der Waals surface area contributed by atoms with Crippen molar-refractivity contribution in [1.29, 1.82) is 0 Å². The first-order valence-corrected chi connectivity index (χ1v) is 4.03. The lowest BCUT2D eigenvalue weighted by Gasteiger charge is -1.77. The highest BCUT2D eigenvalue weighted by molar-refractivity contribution is 6.17. The van der Waals surface area contributed by atoms with E-state index in [0.29, 0.717) is 0 Å². The van der Waals surface area contributed by atoms with Gasteiger partial charge in [-0.3, -0.25) is 0 Å². The maximum Gasteiger partial charge on any atom is 0.0223 e. The van der Waals surface area contributed by atoms with Crippen LogP contribution in [0.2, 0.25) is 0 Å². The van der Waals surface area contributed by atoms with Crippen molar-refractivity contribution in [2.45, 2.75) is 33.1 Å². The predicted molar refractivity (Wildman–Crippen MR) is 46.1 cm³/mol. The van der Waals surface area contributed by atoms with Gasteiger partial charge in [0, 0.05) is 5.88 Å². The first-order chi connectivity index (χ1) is 4.33. The molecular formula is C8H17Cl. The Morgan fingerprint density at radius 2 is 1.89 bits per heavy atom. The molecule has 0 radical (unpaired) electrons. The minimum absolute atomic E-state index is 0.816. The highest BCUT2D eigenvalue weighted by Gasteiger charge is 1.70. The zero-order valence-corrected chi connectivity index (χ0v) is 7.25. The van der Waals surface area contributed by atoms with Crippen LogP contribution in [0.1, 0.15) is 33.1 Å². The van der Waals surface area contributed by atoms with Crippen molar-refractivity contribution < 1.29 is 0 Å². The van der Waals surface area contributed by atoms with Gasteiger partial charge < -0.3 is 0 Å². The zero-order valence-electron chi connectivity index (χ0n) is 6.49. The molecular weight excluding hydrogens is 132 g/mol. The third-order valence-corrected chi connectivity index (χ3v) is 1.04. The third kappa shape index (κ3) is 31.8.